The molecule has 6 heteroatoms. The van der Waals surface area contributed by atoms with E-state index in [2.05, 4.69) is 10.6 Å². The topological polar surface area (TPSA) is 87.7 Å². The van der Waals surface area contributed by atoms with Gasteiger partial charge in [0.2, 0.25) is 0 Å². The van der Waals surface area contributed by atoms with Gasteiger partial charge in [-0.2, -0.15) is 0 Å². The smallest absolute Gasteiger partial charge is 0.306 e. The second-order valence-corrected chi connectivity index (χ2v) is 5.16. The zero-order valence-corrected chi connectivity index (χ0v) is 12.0. The summed E-state index contributed by atoms with van der Waals surface area (Å²) >= 11 is 0. The van der Waals surface area contributed by atoms with Gasteiger partial charge in [-0.15, -0.1) is 0 Å². The number of anilines is 1. The van der Waals surface area contributed by atoms with Gasteiger partial charge in [-0.25, -0.2) is 0 Å². The number of aliphatic carboxylic acids is 1. The Hall–Kier alpha value is -2.24. The van der Waals surface area contributed by atoms with Crippen LogP contribution in [0.3, 0.4) is 0 Å². The molecule has 0 saturated heterocycles. The third-order valence-electron chi connectivity index (χ3n) is 3.46. The van der Waals surface area contributed by atoms with E-state index in [0.29, 0.717) is 31.7 Å². The molecule has 3 N–H and O–H groups in total. The number of rotatable bonds is 6. The van der Waals surface area contributed by atoms with Gasteiger partial charge in [0.15, 0.2) is 6.10 Å². The number of benzene rings is 1. The normalized spacial score (nSPS) is 17.9. The number of carboxylic acids is 1. The van der Waals surface area contributed by atoms with Gasteiger partial charge < -0.3 is 20.5 Å². The van der Waals surface area contributed by atoms with Crippen molar-refractivity contribution in [2.45, 2.75) is 25.9 Å². The van der Waals surface area contributed by atoms with Crippen molar-refractivity contribution >= 4 is 17.6 Å². The molecule has 0 aliphatic carbocycles. The summed E-state index contributed by atoms with van der Waals surface area (Å²) in [5.74, 6) is -0.706. The molecule has 0 bridgehead atoms. The zero-order chi connectivity index (χ0) is 15.2. The average Bonchev–Trinajstić information content (AvgIpc) is 2.50. The number of carbonyl (C=O) groups is 2. The number of carboxylic acid groups (broad SMARTS) is 1. The highest BCUT2D eigenvalue weighted by atomic mass is 16.5. The molecule has 0 fully saturated rings. The summed E-state index contributed by atoms with van der Waals surface area (Å²) in [4.78, 5) is 22.7. The number of ether oxygens (including phenoxy) is 1. The van der Waals surface area contributed by atoms with Gasteiger partial charge >= 0.3 is 5.97 Å². The van der Waals surface area contributed by atoms with Crippen molar-refractivity contribution in [1.82, 2.24) is 5.32 Å². The van der Waals surface area contributed by atoms with Crippen LogP contribution < -0.4 is 15.4 Å². The summed E-state index contributed by atoms with van der Waals surface area (Å²) in [5, 5.41) is 14.7. The molecule has 1 aliphatic rings. The summed E-state index contributed by atoms with van der Waals surface area (Å²) in [6, 6.07) is 7.47. The molecule has 1 aromatic rings. The van der Waals surface area contributed by atoms with Crippen LogP contribution in [-0.2, 0) is 9.59 Å². The maximum atomic E-state index is 12.0. The Labute approximate surface area is 123 Å². The van der Waals surface area contributed by atoms with E-state index in [0.717, 1.165) is 5.69 Å². The Morgan fingerprint density at radius 3 is 3.00 bits per heavy atom. The average molecular weight is 292 g/mol. The molecular formula is C15H20N2O4. The summed E-state index contributed by atoms with van der Waals surface area (Å²) in [7, 11) is 0. The SMILES string of the molecule is CC(CCCNC(=O)C1CNc2ccccc2O1)C(=O)O. The molecule has 2 atom stereocenters. The predicted octanol–water partition coefficient (Wildman–Crippen LogP) is 1.48. The molecule has 0 spiro atoms. The zero-order valence-electron chi connectivity index (χ0n) is 12.0. The van der Waals surface area contributed by atoms with Crippen LogP contribution in [0.15, 0.2) is 24.3 Å². The van der Waals surface area contributed by atoms with Crippen molar-refractivity contribution in [3.63, 3.8) is 0 Å². The summed E-state index contributed by atoms with van der Waals surface area (Å²) in [6.07, 6.45) is 0.620. The molecule has 1 heterocycles. The van der Waals surface area contributed by atoms with Crippen LogP contribution in [-0.4, -0.2) is 36.2 Å². The molecular weight excluding hydrogens is 272 g/mol. The molecule has 0 saturated carbocycles. The first-order chi connectivity index (χ1) is 10.1. The Balaban J connectivity index is 1.74. The minimum absolute atomic E-state index is 0.181. The van der Waals surface area contributed by atoms with Crippen LogP contribution in [0, 0.1) is 5.92 Å². The van der Waals surface area contributed by atoms with Gasteiger partial charge in [0, 0.05) is 6.54 Å². The van der Waals surface area contributed by atoms with E-state index in [1.54, 1.807) is 6.92 Å². The van der Waals surface area contributed by atoms with Gasteiger partial charge in [-0.1, -0.05) is 19.1 Å². The fourth-order valence-corrected chi connectivity index (χ4v) is 2.12. The Morgan fingerprint density at radius 1 is 1.48 bits per heavy atom. The van der Waals surface area contributed by atoms with Crippen molar-refractivity contribution in [1.29, 1.82) is 0 Å². The first-order valence-electron chi connectivity index (χ1n) is 7.08. The van der Waals surface area contributed by atoms with E-state index in [1.165, 1.54) is 0 Å². The van der Waals surface area contributed by atoms with Crippen LogP contribution in [0.4, 0.5) is 5.69 Å². The first-order valence-corrected chi connectivity index (χ1v) is 7.08. The molecule has 1 aliphatic heterocycles. The fourth-order valence-electron chi connectivity index (χ4n) is 2.12. The number of nitrogens with one attached hydrogen (secondary N) is 2. The maximum absolute atomic E-state index is 12.0. The highest BCUT2D eigenvalue weighted by Crippen LogP contribution is 2.28. The van der Waals surface area contributed by atoms with E-state index < -0.39 is 12.1 Å². The Bertz CT molecular complexity index is 518. The van der Waals surface area contributed by atoms with Gasteiger partial charge in [0.25, 0.3) is 5.91 Å². The van der Waals surface area contributed by atoms with E-state index in [-0.39, 0.29) is 11.8 Å². The lowest BCUT2D eigenvalue weighted by atomic mass is 10.1. The van der Waals surface area contributed by atoms with E-state index in [1.807, 2.05) is 24.3 Å². The number of amides is 1. The lowest BCUT2D eigenvalue weighted by Gasteiger charge is -2.26. The van der Waals surface area contributed by atoms with Crippen LogP contribution in [0.25, 0.3) is 0 Å². The Morgan fingerprint density at radius 2 is 2.24 bits per heavy atom. The van der Waals surface area contributed by atoms with Crippen LogP contribution in [0.1, 0.15) is 19.8 Å². The standard InChI is InChI=1S/C15H20N2O4/c1-10(15(19)20)5-4-8-16-14(18)13-9-17-11-6-2-3-7-12(11)21-13/h2-3,6-7,10,13,17H,4-5,8-9H2,1H3,(H,16,18)(H,19,20). The summed E-state index contributed by atoms with van der Waals surface area (Å²) < 4.78 is 5.64. The third-order valence-corrected chi connectivity index (χ3v) is 3.46. The maximum Gasteiger partial charge on any atom is 0.306 e. The van der Waals surface area contributed by atoms with E-state index in [9.17, 15) is 9.59 Å². The van der Waals surface area contributed by atoms with Crippen molar-refractivity contribution in [3.05, 3.63) is 24.3 Å². The monoisotopic (exact) mass is 292 g/mol. The summed E-state index contributed by atoms with van der Waals surface area (Å²) in [6.45, 7) is 2.54. The third kappa shape index (κ3) is 4.11. The lowest BCUT2D eigenvalue weighted by molar-refractivity contribution is -0.141. The minimum Gasteiger partial charge on any atom is -0.481 e. The Kier molecular flexibility index (Phi) is 5.03. The molecule has 21 heavy (non-hydrogen) atoms. The van der Waals surface area contributed by atoms with Crippen molar-refractivity contribution in [2.24, 2.45) is 5.92 Å². The molecule has 2 rings (SSSR count). The van der Waals surface area contributed by atoms with Crippen LogP contribution in [0.5, 0.6) is 5.75 Å². The van der Waals surface area contributed by atoms with Gasteiger partial charge in [-0.3, -0.25) is 9.59 Å². The highest BCUT2D eigenvalue weighted by Gasteiger charge is 2.25. The number of para-hydroxylation sites is 2. The largest absolute Gasteiger partial charge is 0.481 e. The van der Waals surface area contributed by atoms with Gasteiger partial charge in [0.1, 0.15) is 5.75 Å². The van der Waals surface area contributed by atoms with Crippen LogP contribution >= 0.6 is 0 Å². The number of fused-ring (bicyclic) bond motifs is 1. The van der Waals surface area contributed by atoms with Crippen molar-refractivity contribution < 1.29 is 19.4 Å². The van der Waals surface area contributed by atoms with Crippen molar-refractivity contribution in [2.75, 3.05) is 18.4 Å². The number of hydrogen-bond acceptors (Lipinski definition) is 4. The molecule has 0 radical (unpaired) electrons. The molecule has 2 unspecified atom stereocenters. The van der Waals surface area contributed by atoms with E-state index in [4.69, 9.17) is 9.84 Å². The minimum atomic E-state index is -0.808. The molecule has 114 valence electrons. The number of hydrogen-bond donors (Lipinski definition) is 3. The van der Waals surface area contributed by atoms with E-state index >= 15 is 0 Å². The van der Waals surface area contributed by atoms with Gasteiger partial charge in [0.05, 0.1) is 18.2 Å². The molecule has 0 aromatic heterocycles. The molecule has 6 nitrogen and oxygen atoms in total. The summed E-state index contributed by atoms with van der Waals surface area (Å²) in [5.41, 5.74) is 0.886. The lowest BCUT2D eigenvalue weighted by Crippen LogP contribution is -2.45. The van der Waals surface area contributed by atoms with Gasteiger partial charge in [-0.05, 0) is 25.0 Å². The predicted molar refractivity (Wildman–Crippen MR) is 78.4 cm³/mol. The molecule has 1 aromatic carbocycles. The highest BCUT2D eigenvalue weighted by molar-refractivity contribution is 5.83. The van der Waals surface area contributed by atoms with Crippen LogP contribution in [0.2, 0.25) is 0 Å². The fraction of sp³-hybridized carbons (Fsp3) is 0.467. The second-order valence-electron chi connectivity index (χ2n) is 5.16. The quantitative estimate of drug-likeness (QED) is 0.691. The molecule has 1 amide bonds. The first kappa shape index (κ1) is 15.2. The van der Waals surface area contributed by atoms with Crippen molar-refractivity contribution in [3.8, 4) is 5.75 Å². The number of carbonyl (C=O) groups excluding carboxylic acids is 1. The second kappa shape index (κ2) is 6.97.